The third-order valence-electron chi connectivity index (χ3n) is 3.94. The first kappa shape index (κ1) is 12.1. The second-order valence-corrected chi connectivity index (χ2v) is 5.34. The van der Waals surface area contributed by atoms with E-state index in [0.29, 0.717) is 24.4 Å². The van der Waals surface area contributed by atoms with E-state index in [1.807, 2.05) is 24.3 Å². The number of benzene rings is 1. The lowest BCUT2D eigenvalue weighted by atomic mass is 9.98. The number of hydrogen-bond acceptors (Lipinski definition) is 4. The average Bonchev–Trinajstić information content (AvgIpc) is 3.02. The number of fused-ring (bicyclic) bond motifs is 1. The highest BCUT2D eigenvalue weighted by Crippen LogP contribution is 2.28. The summed E-state index contributed by atoms with van der Waals surface area (Å²) < 4.78 is 4.94. The van der Waals surface area contributed by atoms with Crippen LogP contribution in [0.15, 0.2) is 35.0 Å². The van der Waals surface area contributed by atoms with Crippen molar-refractivity contribution in [3.63, 3.8) is 0 Å². The van der Waals surface area contributed by atoms with Gasteiger partial charge in [0, 0.05) is 13.1 Å². The predicted octanol–water partition coefficient (Wildman–Crippen LogP) is 2.10. The molecule has 0 bridgehead atoms. The third-order valence-corrected chi connectivity index (χ3v) is 3.94. The Morgan fingerprint density at radius 2 is 2.19 bits per heavy atom. The van der Waals surface area contributed by atoms with Gasteiger partial charge in [-0.25, -0.2) is 4.98 Å². The van der Waals surface area contributed by atoms with E-state index in [-0.39, 0.29) is 11.8 Å². The second kappa shape index (κ2) is 4.44. The van der Waals surface area contributed by atoms with Crippen molar-refractivity contribution in [3.8, 4) is 0 Å². The van der Waals surface area contributed by atoms with E-state index in [2.05, 4.69) is 15.1 Å². The van der Waals surface area contributed by atoms with Crippen LogP contribution in [-0.4, -0.2) is 39.0 Å². The first-order valence-electron chi connectivity index (χ1n) is 6.87. The number of carbonyl (C=O) groups is 1. The minimum atomic E-state index is -0.0267. The fraction of sp³-hybridized carbons (Fsp3) is 0.267. The lowest BCUT2D eigenvalue weighted by Gasteiger charge is -2.37. The summed E-state index contributed by atoms with van der Waals surface area (Å²) in [6.07, 6.45) is 1.48. The van der Waals surface area contributed by atoms with Crippen LogP contribution in [0.5, 0.6) is 0 Å². The van der Waals surface area contributed by atoms with E-state index in [1.54, 1.807) is 11.8 Å². The first-order chi connectivity index (χ1) is 10.2. The number of nitrogens with one attached hydrogen (secondary N) is 1. The van der Waals surface area contributed by atoms with Crippen molar-refractivity contribution in [2.24, 2.45) is 0 Å². The van der Waals surface area contributed by atoms with Crippen LogP contribution in [0.2, 0.25) is 0 Å². The number of hydrogen-bond donors (Lipinski definition) is 1. The van der Waals surface area contributed by atoms with Gasteiger partial charge in [-0.1, -0.05) is 17.3 Å². The zero-order valence-electron chi connectivity index (χ0n) is 11.5. The van der Waals surface area contributed by atoms with Crippen molar-refractivity contribution in [2.45, 2.75) is 12.8 Å². The Morgan fingerprint density at radius 1 is 1.38 bits per heavy atom. The number of aryl methyl sites for hydroxylation is 1. The summed E-state index contributed by atoms with van der Waals surface area (Å²) in [7, 11) is 0. The number of nitrogens with zero attached hydrogens (tertiary/aromatic N) is 3. The maximum atomic E-state index is 12.3. The molecular formula is C15H14N4O2. The van der Waals surface area contributed by atoms with Crippen LogP contribution in [0.4, 0.5) is 0 Å². The number of para-hydroxylation sites is 2. The van der Waals surface area contributed by atoms with Gasteiger partial charge < -0.3 is 14.4 Å². The van der Waals surface area contributed by atoms with Gasteiger partial charge in [-0.3, -0.25) is 4.79 Å². The summed E-state index contributed by atoms with van der Waals surface area (Å²) in [4.78, 5) is 21.9. The van der Waals surface area contributed by atoms with Gasteiger partial charge in [-0.2, -0.15) is 0 Å². The van der Waals surface area contributed by atoms with E-state index in [9.17, 15) is 4.79 Å². The number of amides is 1. The Morgan fingerprint density at radius 3 is 2.90 bits per heavy atom. The molecular weight excluding hydrogens is 268 g/mol. The van der Waals surface area contributed by atoms with Crippen LogP contribution in [-0.2, 0) is 0 Å². The summed E-state index contributed by atoms with van der Waals surface area (Å²) in [5, 5.41) is 3.65. The van der Waals surface area contributed by atoms with Crippen LogP contribution in [0, 0.1) is 6.92 Å². The summed E-state index contributed by atoms with van der Waals surface area (Å²) in [5.74, 6) is 1.75. The Kier molecular flexibility index (Phi) is 2.57. The van der Waals surface area contributed by atoms with Gasteiger partial charge in [0.2, 0.25) is 0 Å². The van der Waals surface area contributed by atoms with Gasteiger partial charge >= 0.3 is 0 Å². The molecule has 106 valence electrons. The fourth-order valence-electron chi connectivity index (χ4n) is 2.66. The minimum Gasteiger partial charge on any atom is -0.361 e. The summed E-state index contributed by atoms with van der Waals surface area (Å²) >= 11 is 0. The number of rotatable bonds is 2. The zero-order chi connectivity index (χ0) is 14.4. The molecule has 0 spiro atoms. The van der Waals surface area contributed by atoms with Crippen LogP contribution in [0.1, 0.15) is 27.9 Å². The van der Waals surface area contributed by atoms with Crippen molar-refractivity contribution < 1.29 is 9.32 Å². The highest BCUT2D eigenvalue weighted by molar-refractivity contribution is 5.95. The monoisotopic (exact) mass is 282 g/mol. The van der Waals surface area contributed by atoms with Gasteiger partial charge in [-0.15, -0.1) is 0 Å². The standard InChI is InChI=1S/C15H14N4O2/c1-9-11(6-16-21-9)15(20)19-7-10(8-19)14-17-12-4-2-3-5-13(12)18-14/h2-6,10H,7-8H2,1H3,(H,17,18). The van der Waals surface area contributed by atoms with Crippen LogP contribution in [0.25, 0.3) is 11.0 Å². The van der Waals surface area contributed by atoms with Crippen LogP contribution >= 0.6 is 0 Å². The van der Waals surface area contributed by atoms with Crippen molar-refractivity contribution in [3.05, 3.63) is 47.6 Å². The molecule has 0 unspecified atom stereocenters. The molecule has 1 aliphatic heterocycles. The highest BCUT2D eigenvalue weighted by Gasteiger charge is 2.35. The molecule has 0 aliphatic carbocycles. The Labute approximate surface area is 120 Å². The van der Waals surface area contributed by atoms with Gasteiger partial charge in [-0.05, 0) is 19.1 Å². The number of likely N-dealkylation sites (tertiary alicyclic amines) is 1. The lowest BCUT2D eigenvalue weighted by Crippen LogP contribution is -2.48. The molecule has 1 saturated heterocycles. The molecule has 6 heteroatoms. The van der Waals surface area contributed by atoms with Gasteiger partial charge in [0.15, 0.2) is 0 Å². The molecule has 6 nitrogen and oxygen atoms in total. The van der Waals surface area contributed by atoms with Crippen molar-refractivity contribution in [2.75, 3.05) is 13.1 Å². The summed E-state index contributed by atoms with van der Waals surface area (Å²) in [5.41, 5.74) is 2.54. The van der Waals surface area contributed by atoms with Crippen molar-refractivity contribution >= 4 is 16.9 Å². The highest BCUT2D eigenvalue weighted by atomic mass is 16.5. The van der Waals surface area contributed by atoms with E-state index < -0.39 is 0 Å². The minimum absolute atomic E-state index is 0.0267. The van der Waals surface area contributed by atoms with Gasteiger partial charge in [0.25, 0.3) is 5.91 Å². The molecule has 1 amide bonds. The van der Waals surface area contributed by atoms with E-state index >= 15 is 0 Å². The molecule has 0 saturated carbocycles. The molecule has 3 heterocycles. The van der Waals surface area contributed by atoms with Crippen molar-refractivity contribution in [1.82, 2.24) is 20.0 Å². The number of H-pyrrole nitrogens is 1. The smallest absolute Gasteiger partial charge is 0.259 e. The maximum Gasteiger partial charge on any atom is 0.259 e. The first-order valence-corrected chi connectivity index (χ1v) is 6.87. The molecule has 1 aromatic carbocycles. The molecule has 0 radical (unpaired) electrons. The second-order valence-electron chi connectivity index (χ2n) is 5.34. The average molecular weight is 282 g/mol. The topological polar surface area (TPSA) is 75.0 Å². The molecule has 21 heavy (non-hydrogen) atoms. The largest absolute Gasteiger partial charge is 0.361 e. The van der Waals surface area contributed by atoms with Crippen LogP contribution < -0.4 is 0 Å². The summed E-state index contributed by atoms with van der Waals surface area (Å²) in [6.45, 7) is 3.09. The molecule has 4 rings (SSSR count). The van der Waals surface area contributed by atoms with Gasteiger partial charge in [0.05, 0.1) is 23.1 Å². The maximum absolute atomic E-state index is 12.3. The molecule has 1 N–H and O–H groups in total. The quantitative estimate of drug-likeness (QED) is 0.781. The Bertz CT molecular complexity index is 781. The zero-order valence-corrected chi connectivity index (χ0v) is 11.5. The number of aromatic nitrogens is 3. The normalized spacial score (nSPS) is 15.4. The van der Waals surface area contributed by atoms with E-state index in [0.717, 1.165) is 16.9 Å². The SMILES string of the molecule is Cc1oncc1C(=O)N1CC(c2nc3ccccc3[nH]2)C1. The van der Waals surface area contributed by atoms with Crippen molar-refractivity contribution in [1.29, 1.82) is 0 Å². The Balaban J connectivity index is 1.49. The fourth-order valence-corrected chi connectivity index (χ4v) is 2.66. The van der Waals surface area contributed by atoms with E-state index in [4.69, 9.17) is 4.52 Å². The third kappa shape index (κ3) is 1.91. The Hall–Kier alpha value is -2.63. The molecule has 3 aromatic rings. The number of imidazole rings is 1. The molecule has 2 aromatic heterocycles. The molecule has 0 atom stereocenters. The lowest BCUT2D eigenvalue weighted by molar-refractivity contribution is 0.0594. The number of aromatic amines is 1. The summed E-state index contributed by atoms with van der Waals surface area (Å²) in [6, 6.07) is 7.94. The van der Waals surface area contributed by atoms with Gasteiger partial charge in [0.1, 0.15) is 17.1 Å². The molecule has 1 aliphatic rings. The number of carbonyl (C=O) groups excluding carboxylic acids is 1. The predicted molar refractivity (Wildman–Crippen MR) is 76.0 cm³/mol. The van der Waals surface area contributed by atoms with Crippen LogP contribution in [0.3, 0.4) is 0 Å². The molecule has 1 fully saturated rings. The van der Waals surface area contributed by atoms with E-state index in [1.165, 1.54) is 6.20 Å².